The molecule has 1 unspecified atom stereocenters. The zero-order valence-electron chi connectivity index (χ0n) is 14.5. The normalized spacial score (nSPS) is 17.0. The predicted molar refractivity (Wildman–Crippen MR) is 95.4 cm³/mol. The van der Waals surface area contributed by atoms with Gasteiger partial charge in [0.1, 0.15) is 11.9 Å². The Morgan fingerprint density at radius 3 is 2.62 bits per heavy atom. The first-order valence-electron chi connectivity index (χ1n) is 8.24. The van der Waals surface area contributed by atoms with Gasteiger partial charge in [-0.1, -0.05) is 30.3 Å². The van der Waals surface area contributed by atoms with Gasteiger partial charge < -0.3 is 5.32 Å². The summed E-state index contributed by atoms with van der Waals surface area (Å²) in [6, 6.07) is 10.3. The quantitative estimate of drug-likeness (QED) is 0.723. The summed E-state index contributed by atoms with van der Waals surface area (Å²) in [5.74, 6) is 0.154. The molecule has 1 aliphatic heterocycles. The lowest BCUT2D eigenvalue weighted by Crippen LogP contribution is -2.33. The fraction of sp³-hybridized carbons (Fsp3) is 0.222. The number of nitrogens with one attached hydrogen (secondary N) is 1. The summed E-state index contributed by atoms with van der Waals surface area (Å²) in [4.78, 5) is 26.4. The molecule has 1 aromatic carbocycles. The number of hydrogen-bond donors (Lipinski definition) is 1. The molecule has 2 aromatic heterocycles. The van der Waals surface area contributed by atoms with Crippen LogP contribution in [0.4, 0.5) is 10.6 Å². The van der Waals surface area contributed by atoms with Crippen molar-refractivity contribution in [2.75, 3.05) is 4.90 Å². The molecule has 4 rings (SSSR count). The maximum atomic E-state index is 12.8. The number of aromatic nitrogens is 4. The molecule has 3 heterocycles. The van der Waals surface area contributed by atoms with Crippen molar-refractivity contribution in [2.24, 2.45) is 14.1 Å². The van der Waals surface area contributed by atoms with Crippen LogP contribution in [0.15, 0.2) is 48.8 Å². The van der Waals surface area contributed by atoms with E-state index in [1.165, 1.54) is 4.68 Å². The molecule has 0 bridgehead atoms. The van der Waals surface area contributed by atoms with Crippen LogP contribution in [-0.2, 0) is 25.3 Å². The van der Waals surface area contributed by atoms with Crippen molar-refractivity contribution in [3.8, 4) is 11.3 Å². The molecule has 0 spiro atoms. The lowest BCUT2D eigenvalue weighted by atomic mass is 10.1. The van der Waals surface area contributed by atoms with E-state index < -0.39 is 12.1 Å². The lowest BCUT2D eigenvalue weighted by molar-refractivity contribution is -0.118. The average Bonchev–Trinajstić information content (AvgIpc) is 3.28. The lowest BCUT2D eigenvalue weighted by Gasteiger charge is -2.12. The van der Waals surface area contributed by atoms with Crippen molar-refractivity contribution in [2.45, 2.75) is 12.5 Å². The third-order valence-electron chi connectivity index (χ3n) is 4.39. The Bertz CT molecular complexity index is 975. The topological polar surface area (TPSA) is 85.0 Å². The first-order valence-corrected chi connectivity index (χ1v) is 8.24. The van der Waals surface area contributed by atoms with E-state index in [1.54, 1.807) is 24.0 Å². The zero-order valence-corrected chi connectivity index (χ0v) is 14.5. The number of hydrogen-bond acceptors (Lipinski definition) is 4. The van der Waals surface area contributed by atoms with Gasteiger partial charge in [-0.2, -0.15) is 10.2 Å². The number of imide groups is 1. The van der Waals surface area contributed by atoms with Gasteiger partial charge in [-0.05, 0) is 5.56 Å². The highest BCUT2D eigenvalue weighted by Crippen LogP contribution is 2.26. The number of carbonyl (C=O) groups excluding carboxylic acids is 2. The summed E-state index contributed by atoms with van der Waals surface area (Å²) in [5.41, 5.74) is 2.47. The molecule has 1 atom stereocenters. The van der Waals surface area contributed by atoms with E-state index >= 15 is 0 Å². The highest BCUT2D eigenvalue weighted by molar-refractivity contribution is 6.21. The molecule has 3 amide bonds. The van der Waals surface area contributed by atoms with Crippen LogP contribution in [0.3, 0.4) is 0 Å². The third-order valence-corrected chi connectivity index (χ3v) is 4.39. The average molecular weight is 350 g/mol. The second-order valence-electron chi connectivity index (χ2n) is 6.28. The van der Waals surface area contributed by atoms with Crippen LogP contribution in [0.2, 0.25) is 0 Å². The Hall–Kier alpha value is -3.42. The fourth-order valence-electron chi connectivity index (χ4n) is 3.10. The Morgan fingerprint density at radius 2 is 1.92 bits per heavy atom. The van der Waals surface area contributed by atoms with Gasteiger partial charge in [-0.15, -0.1) is 0 Å². The highest BCUT2D eigenvalue weighted by atomic mass is 16.2. The largest absolute Gasteiger partial charge is 0.330 e. The molecule has 8 nitrogen and oxygen atoms in total. The standard InChI is InChI=1S/C18H18N6O2/c1-22-11-13(10-19-22)14-9-16(23(2)21-14)24-17(25)15(20-18(24)26)8-12-6-4-3-5-7-12/h3-7,9-11,15H,8H2,1-2H3,(H,20,26). The molecule has 8 heteroatoms. The van der Waals surface area contributed by atoms with Gasteiger partial charge in [-0.25, -0.2) is 9.69 Å². The van der Waals surface area contributed by atoms with Crippen LogP contribution in [0.25, 0.3) is 11.3 Å². The zero-order chi connectivity index (χ0) is 18.3. The third kappa shape index (κ3) is 2.75. The number of aryl methyl sites for hydroxylation is 2. The smallest absolute Gasteiger partial charge is 0.325 e. The van der Waals surface area contributed by atoms with E-state index in [0.717, 1.165) is 16.0 Å². The fourth-order valence-corrected chi connectivity index (χ4v) is 3.10. The maximum absolute atomic E-state index is 12.8. The monoisotopic (exact) mass is 350 g/mol. The van der Waals surface area contributed by atoms with E-state index in [1.807, 2.05) is 43.6 Å². The molecule has 1 N–H and O–H groups in total. The van der Waals surface area contributed by atoms with E-state index in [9.17, 15) is 9.59 Å². The molecule has 1 fully saturated rings. The van der Waals surface area contributed by atoms with Crippen molar-refractivity contribution >= 4 is 17.8 Å². The van der Waals surface area contributed by atoms with Crippen molar-refractivity contribution in [3.63, 3.8) is 0 Å². The Balaban J connectivity index is 1.60. The van der Waals surface area contributed by atoms with Crippen LogP contribution < -0.4 is 10.2 Å². The summed E-state index contributed by atoms with van der Waals surface area (Å²) in [6.07, 6.45) is 3.97. The van der Waals surface area contributed by atoms with Crippen LogP contribution in [0, 0.1) is 0 Å². The molecule has 3 aromatic rings. The van der Waals surface area contributed by atoms with E-state index in [4.69, 9.17) is 0 Å². The minimum Gasteiger partial charge on any atom is -0.325 e. The number of nitrogens with zero attached hydrogens (tertiary/aromatic N) is 5. The minimum absolute atomic E-state index is 0.278. The Morgan fingerprint density at radius 1 is 1.15 bits per heavy atom. The van der Waals surface area contributed by atoms with E-state index in [-0.39, 0.29) is 5.91 Å². The van der Waals surface area contributed by atoms with E-state index in [2.05, 4.69) is 15.5 Å². The number of carbonyl (C=O) groups is 2. The summed E-state index contributed by atoms with van der Waals surface area (Å²) >= 11 is 0. The van der Waals surface area contributed by atoms with Gasteiger partial charge in [0.2, 0.25) is 0 Å². The van der Waals surface area contributed by atoms with Gasteiger partial charge >= 0.3 is 6.03 Å². The number of amides is 3. The first kappa shape index (κ1) is 16.1. The second-order valence-corrected chi connectivity index (χ2v) is 6.28. The van der Waals surface area contributed by atoms with Gasteiger partial charge in [0, 0.05) is 38.3 Å². The molecule has 0 saturated carbocycles. The predicted octanol–water partition coefficient (Wildman–Crippen LogP) is 1.49. The SMILES string of the molecule is Cn1cc(-c2cc(N3C(=O)NC(Cc4ccccc4)C3=O)n(C)n2)cn1. The molecule has 0 radical (unpaired) electrons. The first-order chi connectivity index (χ1) is 12.5. The molecule has 132 valence electrons. The van der Waals surface area contributed by atoms with Gasteiger partial charge in [0.05, 0.1) is 11.9 Å². The van der Waals surface area contributed by atoms with Crippen LogP contribution in [0.5, 0.6) is 0 Å². The molecule has 26 heavy (non-hydrogen) atoms. The number of benzene rings is 1. The van der Waals surface area contributed by atoms with Crippen LogP contribution in [0.1, 0.15) is 5.56 Å². The summed E-state index contributed by atoms with van der Waals surface area (Å²) in [5, 5.41) is 11.3. The van der Waals surface area contributed by atoms with Crippen molar-refractivity contribution < 1.29 is 9.59 Å². The Kier molecular flexibility index (Phi) is 3.80. The highest BCUT2D eigenvalue weighted by Gasteiger charge is 2.40. The van der Waals surface area contributed by atoms with Crippen molar-refractivity contribution in [3.05, 3.63) is 54.4 Å². The minimum atomic E-state index is -0.582. The number of rotatable bonds is 4. The maximum Gasteiger partial charge on any atom is 0.330 e. The van der Waals surface area contributed by atoms with Crippen LogP contribution >= 0.6 is 0 Å². The van der Waals surface area contributed by atoms with Crippen molar-refractivity contribution in [1.82, 2.24) is 24.9 Å². The molecular weight excluding hydrogens is 332 g/mol. The molecular formula is C18H18N6O2. The van der Waals surface area contributed by atoms with Gasteiger partial charge in [0.15, 0.2) is 0 Å². The number of urea groups is 1. The van der Waals surface area contributed by atoms with Gasteiger partial charge in [-0.3, -0.25) is 14.2 Å². The molecule has 1 aliphatic rings. The molecule has 1 saturated heterocycles. The summed E-state index contributed by atoms with van der Waals surface area (Å²) in [6.45, 7) is 0. The van der Waals surface area contributed by atoms with Crippen LogP contribution in [-0.4, -0.2) is 37.5 Å². The molecule has 0 aliphatic carbocycles. The van der Waals surface area contributed by atoms with Gasteiger partial charge in [0.25, 0.3) is 5.91 Å². The summed E-state index contributed by atoms with van der Waals surface area (Å²) < 4.78 is 3.21. The summed E-state index contributed by atoms with van der Waals surface area (Å²) in [7, 11) is 3.53. The second kappa shape index (κ2) is 6.14. The van der Waals surface area contributed by atoms with E-state index in [0.29, 0.717) is 17.9 Å². The van der Waals surface area contributed by atoms with Crippen molar-refractivity contribution in [1.29, 1.82) is 0 Å². The Labute approximate surface area is 150 Å². The number of anilines is 1.